The second-order valence-electron chi connectivity index (χ2n) is 16.8. The SMILES string of the molecule is CC(=O)O[C@@H]1[C@@H](C)C=C2c3cc4c(c(O[C@H]5O[C@H](COC(=O)c6ccccc6)[C@@H](OC(=O)c6ccccc6)[C@H](OC(=O)c6ccccc6)[C@H]5OC(=O)c5ccccc5)c3C(=O)NC2[C@@H]1OC(C)=O)OCO4. The number of nitrogens with one attached hydrogen (secondary N) is 1. The van der Waals surface area contributed by atoms with Crippen LogP contribution in [-0.4, -0.2) is 104 Å². The molecule has 0 bridgehead atoms. The molecule has 5 aromatic carbocycles. The van der Waals surface area contributed by atoms with Crippen LogP contribution in [0.25, 0.3) is 5.57 Å². The molecule has 18 heteroatoms. The van der Waals surface area contributed by atoms with E-state index in [2.05, 4.69) is 5.32 Å². The average Bonchev–Trinajstić information content (AvgIpc) is 3.86. The fourth-order valence-corrected chi connectivity index (χ4v) is 8.79. The number of ether oxygens (including phenoxy) is 10. The molecule has 1 amide bonds. The maximum Gasteiger partial charge on any atom is 0.338 e. The summed E-state index contributed by atoms with van der Waals surface area (Å²) in [7, 11) is 0. The van der Waals surface area contributed by atoms with Crippen LogP contribution in [0.3, 0.4) is 0 Å². The lowest BCUT2D eigenvalue weighted by Gasteiger charge is -2.45. The van der Waals surface area contributed by atoms with Crippen molar-refractivity contribution in [3.63, 3.8) is 0 Å². The van der Waals surface area contributed by atoms with Gasteiger partial charge >= 0.3 is 35.8 Å². The van der Waals surface area contributed by atoms with E-state index in [-0.39, 0.29) is 57.4 Å². The van der Waals surface area contributed by atoms with Gasteiger partial charge in [-0.1, -0.05) is 85.8 Å². The maximum absolute atomic E-state index is 14.7. The highest BCUT2D eigenvalue weighted by Crippen LogP contribution is 2.51. The molecule has 1 saturated heterocycles. The molecule has 4 aliphatic rings. The Morgan fingerprint density at radius 1 is 0.592 bits per heavy atom. The number of hydrogen-bond donors (Lipinski definition) is 1. The zero-order valence-corrected chi connectivity index (χ0v) is 38.3. The minimum absolute atomic E-state index is 0.0593. The van der Waals surface area contributed by atoms with Crippen molar-refractivity contribution in [3.05, 3.63) is 167 Å². The average molecular weight is 968 g/mol. The molecule has 1 aliphatic carbocycles. The predicted octanol–water partition coefficient (Wildman–Crippen LogP) is 6.06. The van der Waals surface area contributed by atoms with Crippen molar-refractivity contribution in [1.29, 1.82) is 0 Å². The van der Waals surface area contributed by atoms with Gasteiger partial charge in [0.2, 0.25) is 24.9 Å². The molecule has 18 nitrogen and oxygen atoms in total. The van der Waals surface area contributed by atoms with Crippen molar-refractivity contribution in [1.82, 2.24) is 5.32 Å². The monoisotopic (exact) mass is 967 g/mol. The van der Waals surface area contributed by atoms with E-state index in [1.54, 1.807) is 91.9 Å². The number of esters is 6. The molecule has 0 aromatic heterocycles. The Bertz CT molecular complexity index is 2870. The van der Waals surface area contributed by atoms with Gasteiger partial charge in [0, 0.05) is 19.8 Å². The first-order chi connectivity index (χ1) is 34.3. The molecule has 71 heavy (non-hydrogen) atoms. The molecule has 0 saturated carbocycles. The predicted molar refractivity (Wildman–Crippen MR) is 245 cm³/mol. The van der Waals surface area contributed by atoms with E-state index >= 15 is 0 Å². The highest BCUT2D eigenvalue weighted by Gasteiger charge is 2.56. The molecule has 0 radical (unpaired) electrons. The van der Waals surface area contributed by atoms with Crippen molar-refractivity contribution in [2.24, 2.45) is 5.92 Å². The molecular formula is C53H45NO17. The molecular weight excluding hydrogens is 923 g/mol. The number of rotatable bonds is 13. The molecule has 364 valence electrons. The summed E-state index contributed by atoms with van der Waals surface area (Å²) >= 11 is 0. The third-order valence-electron chi connectivity index (χ3n) is 12.0. The van der Waals surface area contributed by atoms with E-state index in [4.69, 9.17) is 47.4 Å². The first-order valence-corrected chi connectivity index (χ1v) is 22.5. The fraction of sp³-hybridized carbons (Fsp3) is 0.264. The highest BCUT2D eigenvalue weighted by molar-refractivity contribution is 6.08. The Balaban J connectivity index is 1.19. The van der Waals surface area contributed by atoms with Crippen molar-refractivity contribution in [2.75, 3.05) is 13.4 Å². The number of carbonyl (C=O) groups is 7. The lowest BCUT2D eigenvalue weighted by atomic mass is 9.76. The molecule has 0 spiro atoms. The van der Waals surface area contributed by atoms with Gasteiger partial charge in [-0.3, -0.25) is 14.4 Å². The molecule has 1 fully saturated rings. The van der Waals surface area contributed by atoms with Gasteiger partial charge < -0.3 is 52.7 Å². The van der Waals surface area contributed by atoms with Crippen LogP contribution >= 0.6 is 0 Å². The highest BCUT2D eigenvalue weighted by atomic mass is 16.7. The summed E-state index contributed by atoms with van der Waals surface area (Å²) in [6.07, 6.45) is -9.17. The van der Waals surface area contributed by atoms with E-state index < -0.39 is 103 Å². The number of hydrogen-bond acceptors (Lipinski definition) is 17. The summed E-state index contributed by atoms with van der Waals surface area (Å²) in [6, 6.07) is 32.1. The van der Waals surface area contributed by atoms with Crippen LogP contribution in [0.5, 0.6) is 17.2 Å². The van der Waals surface area contributed by atoms with Crippen molar-refractivity contribution >= 4 is 47.3 Å². The Morgan fingerprint density at radius 2 is 1.08 bits per heavy atom. The van der Waals surface area contributed by atoms with E-state index in [0.717, 1.165) is 0 Å². The maximum atomic E-state index is 14.7. The van der Waals surface area contributed by atoms with Crippen LogP contribution in [0.4, 0.5) is 0 Å². The van der Waals surface area contributed by atoms with Crippen molar-refractivity contribution in [2.45, 2.75) is 69.7 Å². The molecule has 1 N–H and O–H groups in total. The Morgan fingerprint density at radius 3 is 1.62 bits per heavy atom. The second kappa shape index (κ2) is 20.6. The molecule has 1 unspecified atom stereocenters. The largest absolute Gasteiger partial charge is 0.459 e. The van der Waals surface area contributed by atoms with Crippen molar-refractivity contribution in [3.8, 4) is 17.2 Å². The van der Waals surface area contributed by atoms with Crippen LogP contribution in [0.15, 0.2) is 133 Å². The van der Waals surface area contributed by atoms with Gasteiger partial charge in [0.25, 0.3) is 5.91 Å². The zero-order valence-electron chi connectivity index (χ0n) is 38.3. The summed E-state index contributed by atoms with van der Waals surface area (Å²) in [5.41, 5.74) is 0.937. The summed E-state index contributed by atoms with van der Waals surface area (Å²) < 4.78 is 60.9. The third kappa shape index (κ3) is 10.1. The molecule has 3 heterocycles. The topological polar surface area (TPSA) is 224 Å². The van der Waals surface area contributed by atoms with Gasteiger partial charge in [-0.2, -0.15) is 0 Å². The second-order valence-corrected chi connectivity index (χ2v) is 16.8. The van der Waals surface area contributed by atoms with E-state index in [1.165, 1.54) is 62.4 Å². The normalized spacial score (nSPS) is 23.7. The first-order valence-electron chi connectivity index (χ1n) is 22.5. The van der Waals surface area contributed by atoms with Gasteiger partial charge in [-0.05, 0) is 65.7 Å². The number of benzene rings is 5. The summed E-state index contributed by atoms with van der Waals surface area (Å²) in [4.78, 5) is 95.5. The molecule has 9 atom stereocenters. The van der Waals surface area contributed by atoms with Crippen LogP contribution in [0.2, 0.25) is 0 Å². The Hall–Kier alpha value is -8.51. The minimum Gasteiger partial charge on any atom is -0.459 e. The number of fused-ring (bicyclic) bond motifs is 4. The number of carbonyl (C=O) groups excluding carboxylic acids is 7. The van der Waals surface area contributed by atoms with Gasteiger partial charge in [-0.15, -0.1) is 0 Å². The van der Waals surface area contributed by atoms with E-state index in [9.17, 15) is 33.6 Å². The zero-order chi connectivity index (χ0) is 49.8. The summed E-state index contributed by atoms with van der Waals surface area (Å²) in [6.45, 7) is 3.17. The molecule has 5 aromatic rings. The summed E-state index contributed by atoms with van der Waals surface area (Å²) in [5, 5.41) is 2.88. The standard InChI is InChI=1S/C53H45NO17/c1-28-24-36-35-25-37-42(64-27-63-37)44(39(35)48(57)54-40(36)45(66-30(3)56)41(28)65-29(2)55)71-53-47(70-52(61)34-22-14-7-15-23-34)46(69-51(60)33-20-12-6-13-21-33)43(68-50(59)32-18-10-5-11-19-32)38(67-53)26-62-49(58)31-16-8-4-9-17-31/h4-25,28,38,40-41,43,45-47,53H,26-27H2,1-3H3,(H,54,57)/t28-,38+,40?,41+,43+,45-,46-,47+,53+/m0/s1. The molecule has 9 rings (SSSR count). The van der Waals surface area contributed by atoms with Gasteiger partial charge in [-0.25, -0.2) is 19.2 Å². The molecule has 3 aliphatic heterocycles. The quantitative estimate of drug-likeness (QED) is 0.105. The van der Waals surface area contributed by atoms with Crippen LogP contribution in [-0.2, 0) is 42.7 Å². The van der Waals surface area contributed by atoms with Gasteiger partial charge in [0.1, 0.15) is 18.8 Å². The van der Waals surface area contributed by atoms with Gasteiger partial charge in [0.05, 0.1) is 33.9 Å². The van der Waals surface area contributed by atoms with E-state index in [0.29, 0.717) is 5.57 Å². The van der Waals surface area contributed by atoms with Crippen LogP contribution < -0.4 is 19.5 Å². The fourth-order valence-electron chi connectivity index (χ4n) is 8.79. The van der Waals surface area contributed by atoms with Crippen LogP contribution in [0.1, 0.15) is 78.1 Å². The van der Waals surface area contributed by atoms with Crippen molar-refractivity contribution < 1.29 is 80.9 Å². The van der Waals surface area contributed by atoms with Crippen LogP contribution in [0, 0.1) is 5.92 Å². The number of amides is 1. The third-order valence-corrected chi connectivity index (χ3v) is 12.0. The Kier molecular flexibility index (Phi) is 13.8. The lowest BCUT2D eigenvalue weighted by molar-refractivity contribution is -0.275. The van der Waals surface area contributed by atoms with Gasteiger partial charge in [0.15, 0.2) is 29.8 Å². The lowest BCUT2D eigenvalue weighted by Crippen LogP contribution is -2.64. The minimum atomic E-state index is -1.89. The first kappa shape index (κ1) is 47.6. The summed E-state index contributed by atoms with van der Waals surface area (Å²) in [5.74, 6) is -6.50. The Labute approximate surface area is 405 Å². The smallest absolute Gasteiger partial charge is 0.338 e. The van der Waals surface area contributed by atoms with E-state index in [1.807, 2.05) is 0 Å².